The Morgan fingerprint density at radius 2 is 0.897 bits per heavy atom. The summed E-state index contributed by atoms with van der Waals surface area (Å²) in [6, 6.07) is 0. The van der Waals surface area contributed by atoms with Crippen molar-refractivity contribution in [2.45, 2.75) is 143 Å². The molecule has 0 spiro atoms. The smallest absolute Gasteiger partial charge is 0.146 e. The largest absolute Gasteiger partial charge is 0.355 e. The lowest BCUT2D eigenvalue weighted by molar-refractivity contribution is -0.0561. The Morgan fingerprint density at radius 3 is 1.45 bits per heavy atom. The zero-order valence-electron chi connectivity index (χ0n) is 20.8. The van der Waals surface area contributed by atoms with Crippen LogP contribution in [0.25, 0.3) is 0 Å². The van der Waals surface area contributed by atoms with Crippen LogP contribution in [0.3, 0.4) is 0 Å². The van der Waals surface area contributed by atoms with Crippen LogP contribution in [-0.4, -0.2) is 20.0 Å². The van der Waals surface area contributed by atoms with Gasteiger partial charge in [0.25, 0.3) is 0 Å². The zero-order valence-corrected chi connectivity index (χ0v) is 20.8. The summed E-state index contributed by atoms with van der Waals surface area (Å²) in [6.07, 6.45) is 24.7. The minimum atomic E-state index is 0.482. The maximum atomic E-state index is 5.61. The lowest BCUT2D eigenvalue weighted by Gasteiger charge is -2.17. The Labute approximate surface area is 184 Å². The van der Waals surface area contributed by atoms with Crippen LogP contribution in [0.15, 0.2) is 0 Å². The molecule has 0 bridgehead atoms. The van der Waals surface area contributed by atoms with Crippen molar-refractivity contribution in [3.8, 4) is 0 Å². The molecule has 0 aromatic rings. The summed E-state index contributed by atoms with van der Waals surface area (Å²) in [6.45, 7) is 11.6. The Morgan fingerprint density at radius 1 is 0.483 bits per heavy atom. The topological polar surface area (TPSA) is 18.5 Å². The van der Waals surface area contributed by atoms with Gasteiger partial charge >= 0.3 is 0 Å². The van der Waals surface area contributed by atoms with E-state index in [4.69, 9.17) is 9.47 Å². The first-order valence-corrected chi connectivity index (χ1v) is 13.4. The van der Waals surface area contributed by atoms with Crippen molar-refractivity contribution in [1.29, 1.82) is 0 Å². The molecule has 0 amide bonds. The summed E-state index contributed by atoms with van der Waals surface area (Å²) in [5.41, 5.74) is 0. The molecule has 0 saturated heterocycles. The van der Waals surface area contributed by atoms with Gasteiger partial charge in [-0.05, 0) is 37.5 Å². The Bertz CT molecular complexity index is 264. The van der Waals surface area contributed by atoms with Crippen LogP contribution in [-0.2, 0) is 9.47 Å². The monoisotopic (exact) mass is 412 g/mol. The van der Waals surface area contributed by atoms with Crippen molar-refractivity contribution in [3.05, 3.63) is 0 Å². The molecule has 2 heteroatoms. The molecule has 0 saturated carbocycles. The van der Waals surface area contributed by atoms with Crippen LogP contribution < -0.4 is 0 Å². The van der Waals surface area contributed by atoms with Gasteiger partial charge in [0.2, 0.25) is 0 Å². The van der Waals surface area contributed by atoms with Gasteiger partial charge in [0.15, 0.2) is 0 Å². The molecule has 0 aliphatic carbocycles. The molecular formula is C27H56O2. The molecule has 2 atom stereocenters. The molecule has 0 heterocycles. The van der Waals surface area contributed by atoms with E-state index in [1.54, 1.807) is 0 Å². The van der Waals surface area contributed by atoms with Crippen molar-refractivity contribution in [1.82, 2.24) is 0 Å². The maximum Gasteiger partial charge on any atom is 0.146 e. The number of unbranched alkanes of at least 4 members (excludes halogenated alkanes) is 12. The predicted octanol–water partition coefficient (Wildman–Crippen LogP) is 9.31. The third-order valence-electron chi connectivity index (χ3n) is 6.15. The highest BCUT2D eigenvalue weighted by Crippen LogP contribution is 2.22. The van der Waals surface area contributed by atoms with Gasteiger partial charge in [-0.2, -0.15) is 0 Å². The fourth-order valence-electron chi connectivity index (χ4n) is 4.24. The lowest BCUT2D eigenvalue weighted by atomic mass is 9.90. The first-order valence-electron chi connectivity index (χ1n) is 13.4. The second-order valence-electron chi connectivity index (χ2n) is 9.55. The fraction of sp³-hybridized carbons (Fsp3) is 1.00. The van der Waals surface area contributed by atoms with E-state index in [2.05, 4.69) is 27.7 Å². The molecule has 0 N–H and O–H groups in total. The standard InChI is InChI=1S/C27H56O2/c1-5-7-9-11-12-13-14-15-16-17-20-26(3)24-27(4)21-19-23-29-25-28-22-18-10-8-6-2/h26-27H,5-25H2,1-4H3. The van der Waals surface area contributed by atoms with E-state index in [1.807, 2.05) is 0 Å². The minimum absolute atomic E-state index is 0.482. The van der Waals surface area contributed by atoms with Crippen LogP contribution in [0.4, 0.5) is 0 Å². The second-order valence-corrected chi connectivity index (χ2v) is 9.55. The van der Waals surface area contributed by atoms with Crippen LogP contribution >= 0.6 is 0 Å². The van der Waals surface area contributed by atoms with Gasteiger partial charge in [-0.15, -0.1) is 0 Å². The van der Waals surface area contributed by atoms with E-state index in [0.29, 0.717) is 6.79 Å². The average molecular weight is 413 g/mol. The van der Waals surface area contributed by atoms with Gasteiger partial charge in [0.1, 0.15) is 6.79 Å². The van der Waals surface area contributed by atoms with Gasteiger partial charge in [-0.1, -0.05) is 118 Å². The first-order chi connectivity index (χ1) is 14.2. The molecule has 0 aromatic carbocycles. The zero-order chi connectivity index (χ0) is 21.4. The highest BCUT2D eigenvalue weighted by atomic mass is 16.7. The third-order valence-corrected chi connectivity index (χ3v) is 6.15. The molecule has 0 radical (unpaired) electrons. The van der Waals surface area contributed by atoms with Gasteiger partial charge < -0.3 is 9.47 Å². The Hall–Kier alpha value is -0.0800. The highest BCUT2D eigenvalue weighted by Gasteiger charge is 2.08. The van der Waals surface area contributed by atoms with Gasteiger partial charge in [-0.25, -0.2) is 0 Å². The second kappa shape index (κ2) is 24.2. The normalized spacial score (nSPS) is 13.7. The van der Waals surface area contributed by atoms with E-state index in [0.717, 1.165) is 25.0 Å². The molecule has 2 unspecified atom stereocenters. The van der Waals surface area contributed by atoms with E-state index in [9.17, 15) is 0 Å². The van der Waals surface area contributed by atoms with E-state index < -0.39 is 0 Å². The third kappa shape index (κ3) is 24.1. The van der Waals surface area contributed by atoms with Crippen molar-refractivity contribution in [2.24, 2.45) is 11.8 Å². The van der Waals surface area contributed by atoms with Gasteiger partial charge in [-0.3, -0.25) is 0 Å². The molecule has 0 aliphatic heterocycles. The first kappa shape index (κ1) is 28.9. The quantitative estimate of drug-likeness (QED) is 0.116. The van der Waals surface area contributed by atoms with Crippen LogP contribution in [0.2, 0.25) is 0 Å². The molecule has 0 aliphatic rings. The Balaban J connectivity index is 3.29. The molecular weight excluding hydrogens is 356 g/mol. The van der Waals surface area contributed by atoms with E-state index in [-0.39, 0.29) is 0 Å². The Kier molecular flexibility index (Phi) is 24.1. The van der Waals surface area contributed by atoms with Gasteiger partial charge in [0, 0.05) is 13.2 Å². The average Bonchev–Trinajstić information content (AvgIpc) is 2.70. The van der Waals surface area contributed by atoms with Crippen molar-refractivity contribution in [2.75, 3.05) is 20.0 Å². The maximum absolute atomic E-state index is 5.61. The SMILES string of the molecule is CCCCCCCCCCCCC(C)CC(C)CCCOCOCCCCCC. The summed E-state index contributed by atoms with van der Waals surface area (Å²) in [5.74, 6) is 1.71. The molecule has 176 valence electrons. The molecule has 29 heavy (non-hydrogen) atoms. The lowest BCUT2D eigenvalue weighted by Crippen LogP contribution is -2.07. The van der Waals surface area contributed by atoms with Crippen molar-refractivity contribution in [3.63, 3.8) is 0 Å². The van der Waals surface area contributed by atoms with Crippen molar-refractivity contribution < 1.29 is 9.47 Å². The number of ether oxygens (including phenoxy) is 2. The molecule has 0 aromatic heterocycles. The minimum Gasteiger partial charge on any atom is -0.355 e. The summed E-state index contributed by atoms with van der Waals surface area (Å²) in [7, 11) is 0. The van der Waals surface area contributed by atoms with Crippen LogP contribution in [0.5, 0.6) is 0 Å². The molecule has 2 nitrogen and oxygen atoms in total. The van der Waals surface area contributed by atoms with Crippen LogP contribution in [0.1, 0.15) is 143 Å². The summed E-state index contributed by atoms with van der Waals surface area (Å²) in [5, 5.41) is 0. The highest BCUT2D eigenvalue weighted by molar-refractivity contribution is 4.61. The molecule has 0 fully saturated rings. The van der Waals surface area contributed by atoms with Gasteiger partial charge in [0.05, 0.1) is 0 Å². The number of hydrogen-bond donors (Lipinski definition) is 0. The van der Waals surface area contributed by atoms with E-state index >= 15 is 0 Å². The summed E-state index contributed by atoms with van der Waals surface area (Å²) in [4.78, 5) is 0. The summed E-state index contributed by atoms with van der Waals surface area (Å²) >= 11 is 0. The van der Waals surface area contributed by atoms with Crippen LogP contribution in [0, 0.1) is 11.8 Å². The van der Waals surface area contributed by atoms with Crippen molar-refractivity contribution >= 4 is 0 Å². The summed E-state index contributed by atoms with van der Waals surface area (Å²) < 4.78 is 11.1. The molecule has 0 rings (SSSR count). The predicted molar refractivity (Wildman–Crippen MR) is 130 cm³/mol. The van der Waals surface area contributed by atoms with E-state index in [1.165, 1.54) is 116 Å². The fourth-order valence-corrected chi connectivity index (χ4v) is 4.24. The number of rotatable bonds is 24. The number of hydrogen-bond acceptors (Lipinski definition) is 2.